The molecular weight excluding hydrogens is 322 g/mol. The number of imidazole rings is 1. The first-order chi connectivity index (χ1) is 11.8. The Morgan fingerprint density at radius 1 is 1.25 bits per heavy atom. The molecule has 0 N–H and O–H groups in total. The summed E-state index contributed by atoms with van der Waals surface area (Å²) in [7, 11) is 1.96. The summed E-state index contributed by atoms with van der Waals surface area (Å²) in [5.74, 6) is 0.776. The molecule has 5 heterocycles. The summed E-state index contributed by atoms with van der Waals surface area (Å²) >= 11 is 1.84. The minimum absolute atomic E-state index is 0.0899. The Morgan fingerprint density at radius 2 is 2.12 bits per heavy atom. The summed E-state index contributed by atoms with van der Waals surface area (Å²) in [6.07, 6.45) is 6.67. The molecule has 0 amide bonds. The average Bonchev–Trinajstić information content (AvgIpc) is 3.24. The van der Waals surface area contributed by atoms with Gasteiger partial charge in [0.25, 0.3) is 0 Å². The van der Waals surface area contributed by atoms with Crippen LogP contribution in [-0.2, 0) is 23.8 Å². The second-order valence-corrected chi connectivity index (χ2v) is 7.51. The van der Waals surface area contributed by atoms with Crippen LogP contribution in [0, 0.1) is 0 Å². The third-order valence-electron chi connectivity index (χ3n) is 5.23. The quantitative estimate of drug-likeness (QED) is 0.681. The van der Waals surface area contributed by atoms with Gasteiger partial charge in [-0.25, -0.2) is 9.97 Å². The van der Waals surface area contributed by atoms with E-state index in [4.69, 9.17) is 4.74 Å². The molecule has 3 aromatic rings. The van der Waals surface area contributed by atoms with Crippen molar-refractivity contribution in [3.8, 4) is 0 Å². The molecule has 3 aromatic heterocycles. The standard InChI is InChI=1S/C17H19N5OS/c1-21-11-19-15-13(21)10-18-16(20-15)22-6-4-17(5-7-22)14-12(2-8-23-17)3-9-24-14/h3,9-11H,2,4-8H2,1H3. The Kier molecular flexibility index (Phi) is 3.14. The zero-order valence-electron chi connectivity index (χ0n) is 13.6. The van der Waals surface area contributed by atoms with Gasteiger partial charge in [0.05, 0.1) is 19.1 Å². The zero-order valence-corrected chi connectivity index (χ0v) is 14.4. The number of piperidine rings is 1. The van der Waals surface area contributed by atoms with Gasteiger partial charge in [-0.1, -0.05) is 0 Å². The Bertz CT molecular complexity index is 893. The first kappa shape index (κ1) is 14.4. The van der Waals surface area contributed by atoms with E-state index in [2.05, 4.69) is 31.3 Å². The summed E-state index contributed by atoms with van der Waals surface area (Å²) in [4.78, 5) is 17.2. The van der Waals surface area contributed by atoms with Crippen LogP contribution in [-0.4, -0.2) is 39.2 Å². The number of aryl methyl sites for hydroxylation is 1. The highest BCUT2D eigenvalue weighted by atomic mass is 32.1. The van der Waals surface area contributed by atoms with Crippen molar-refractivity contribution in [1.82, 2.24) is 19.5 Å². The lowest BCUT2D eigenvalue weighted by Gasteiger charge is -2.43. The van der Waals surface area contributed by atoms with Crippen LogP contribution in [0.5, 0.6) is 0 Å². The highest BCUT2D eigenvalue weighted by Crippen LogP contribution is 2.44. The lowest BCUT2D eigenvalue weighted by atomic mass is 9.85. The molecule has 0 atom stereocenters. The van der Waals surface area contributed by atoms with Gasteiger partial charge >= 0.3 is 0 Å². The van der Waals surface area contributed by atoms with E-state index in [-0.39, 0.29) is 5.60 Å². The Balaban J connectivity index is 1.40. The number of hydrogen-bond acceptors (Lipinski definition) is 6. The van der Waals surface area contributed by atoms with E-state index < -0.39 is 0 Å². The van der Waals surface area contributed by atoms with Crippen LogP contribution >= 0.6 is 11.3 Å². The van der Waals surface area contributed by atoms with Gasteiger partial charge < -0.3 is 14.2 Å². The van der Waals surface area contributed by atoms with Crippen molar-refractivity contribution in [1.29, 1.82) is 0 Å². The molecule has 0 aliphatic carbocycles. The Labute approximate surface area is 144 Å². The van der Waals surface area contributed by atoms with E-state index in [9.17, 15) is 0 Å². The molecule has 2 aliphatic heterocycles. The van der Waals surface area contributed by atoms with Crippen LogP contribution in [0.25, 0.3) is 11.2 Å². The topological polar surface area (TPSA) is 56.1 Å². The van der Waals surface area contributed by atoms with Gasteiger partial charge in [0, 0.05) is 25.0 Å². The number of nitrogens with zero attached hydrogens (tertiary/aromatic N) is 5. The van der Waals surface area contributed by atoms with Crippen molar-refractivity contribution in [2.24, 2.45) is 7.05 Å². The molecule has 0 unspecified atom stereocenters. The normalized spacial score (nSPS) is 19.8. The summed E-state index contributed by atoms with van der Waals surface area (Å²) in [6.45, 7) is 2.66. The second-order valence-electron chi connectivity index (χ2n) is 6.59. The summed E-state index contributed by atoms with van der Waals surface area (Å²) < 4.78 is 8.22. The molecular formula is C17H19N5OS. The van der Waals surface area contributed by atoms with Crippen LogP contribution in [0.15, 0.2) is 24.0 Å². The monoisotopic (exact) mass is 341 g/mol. The van der Waals surface area contributed by atoms with E-state index in [0.29, 0.717) is 0 Å². The highest BCUT2D eigenvalue weighted by Gasteiger charge is 2.42. The van der Waals surface area contributed by atoms with Crippen molar-refractivity contribution in [2.45, 2.75) is 24.9 Å². The van der Waals surface area contributed by atoms with Crippen molar-refractivity contribution >= 4 is 28.4 Å². The van der Waals surface area contributed by atoms with Gasteiger partial charge in [0.15, 0.2) is 5.65 Å². The predicted molar refractivity (Wildman–Crippen MR) is 93.4 cm³/mol. The molecule has 1 spiro atoms. The number of ether oxygens (including phenoxy) is 1. The molecule has 0 saturated carbocycles. The number of thiophene rings is 1. The van der Waals surface area contributed by atoms with Crippen LogP contribution in [0.1, 0.15) is 23.3 Å². The van der Waals surface area contributed by atoms with Crippen LogP contribution < -0.4 is 4.90 Å². The van der Waals surface area contributed by atoms with E-state index >= 15 is 0 Å². The van der Waals surface area contributed by atoms with Crippen LogP contribution in [0.3, 0.4) is 0 Å². The molecule has 1 saturated heterocycles. The minimum atomic E-state index is -0.0899. The highest BCUT2D eigenvalue weighted by molar-refractivity contribution is 7.10. The molecule has 6 nitrogen and oxygen atoms in total. The summed E-state index contributed by atoms with van der Waals surface area (Å²) in [5, 5.41) is 2.20. The minimum Gasteiger partial charge on any atom is -0.369 e. The lowest BCUT2D eigenvalue weighted by Crippen LogP contribution is -2.46. The van der Waals surface area contributed by atoms with Crippen molar-refractivity contribution < 1.29 is 4.74 Å². The number of fused-ring (bicyclic) bond motifs is 3. The fourth-order valence-corrected chi connectivity index (χ4v) is 5.02. The molecule has 0 radical (unpaired) electrons. The molecule has 7 heteroatoms. The molecule has 1 fully saturated rings. The third kappa shape index (κ3) is 2.08. The van der Waals surface area contributed by atoms with Gasteiger partial charge in [-0.05, 0) is 36.3 Å². The first-order valence-electron chi connectivity index (χ1n) is 8.35. The number of hydrogen-bond donors (Lipinski definition) is 0. The van der Waals surface area contributed by atoms with Gasteiger partial charge in [0.1, 0.15) is 11.1 Å². The van der Waals surface area contributed by atoms with Crippen molar-refractivity contribution in [2.75, 3.05) is 24.6 Å². The molecule has 2 aliphatic rings. The fraction of sp³-hybridized carbons (Fsp3) is 0.471. The molecule has 0 aromatic carbocycles. The number of aromatic nitrogens is 4. The van der Waals surface area contributed by atoms with Crippen LogP contribution in [0.4, 0.5) is 5.95 Å². The van der Waals surface area contributed by atoms with E-state index in [1.54, 1.807) is 6.33 Å². The Hall–Kier alpha value is -1.99. The smallest absolute Gasteiger partial charge is 0.227 e. The number of anilines is 1. The first-order valence-corrected chi connectivity index (χ1v) is 9.23. The maximum Gasteiger partial charge on any atom is 0.227 e. The second kappa shape index (κ2) is 5.26. The maximum absolute atomic E-state index is 6.28. The molecule has 5 rings (SSSR count). The largest absolute Gasteiger partial charge is 0.369 e. The zero-order chi connectivity index (χ0) is 16.1. The number of rotatable bonds is 1. The van der Waals surface area contributed by atoms with E-state index in [1.165, 1.54) is 10.4 Å². The summed E-state index contributed by atoms with van der Waals surface area (Å²) in [6, 6.07) is 2.26. The van der Waals surface area contributed by atoms with Crippen molar-refractivity contribution in [3.63, 3.8) is 0 Å². The van der Waals surface area contributed by atoms with Gasteiger partial charge in [-0.3, -0.25) is 0 Å². The lowest BCUT2D eigenvalue weighted by molar-refractivity contribution is -0.0736. The molecule has 24 heavy (non-hydrogen) atoms. The van der Waals surface area contributed by atoms with Gasteiger partial charge in [0.2, 0.25) is 5.95 Å². The Morgan fingerprint density at radius 3 is 3.00 bits per heavy atom. The van der Waals surface area contributed by atoms with Crippen LogP contribution in [0.2, 0.25) is 0 Å². The van der Waals surface area contributed by atoms with Gasteiger partial charge in [-0.2, -0.15) is 4.98 Å². The fourth-order valence-electron chi connectivity index (χ4n) is 3.85. The van der Waals surface area contributed by atoms with Crippen molar-refractivity contribution in [3.05, 3.63) is 34.4 Å². The van der Waals surface area contributed by atoms with Gasteiger partial charge in [-0.15, -0.1) is 11.3 Å². The summed E-state index contributed by atoms with van der Waals surface area (Å²) in [5.41, 5.74) is 3.11. The maximum atomic E-state index is 6.28. The van der Waals surface area contributed by atoms with E-state index in [1.807, 2.05) is 29.1 Å². The van der Waals surface area contributed by atoms with E-state index in [0.717, 1.165) is 56.1 Å². The molecule has 124 valence electrons. The molecule has 0 bridgehead atoms. The third-order valence-corrected chi connectivity index (χ3v) is 6.38. The predicted octanol–water partition coefficient (Wildman–Crippen LogP) is 2.49. The SMILES string of the molecule is Cn1cnc2nc(N3CCC4(CC3)OCCc3ccsc34)ncc21. The average molecular weight is 341 g/mol.